The summed E-state index contributed by atoms with van der Waals surface area (Å²) in [4.78, 5) is 49.7. The van der Waals surface area contributed by atoms with Crippen LogP contribution in [0, 0.1) is 0 Å². The van der Waals surface area contributed by atoms with Crippen molar-refractivity contribution in [1.29, 1.82) is 0 Å². The van der Waals surface area contributed by atoms with Gasteiger partial charge in [-0.15, -0.1) is 16.7 Å². The third kappa shape index (κ3) is 4.06. The van der Waals surface area contributed by atoms with Gasteiger partial charge in [0.25, 0.3) is 11.8 Å². The average Bonchev–Trinajstić information content (AvgIpc) is 2.55. The lowest BCUT2D eigenvalue weighted by atomic mass is 10.3. The number of nitrogens with one attached hydrogen (secondary N) is 1. The fourth-order valence-corrected chi connectivity index (χ4v) is 1.47. The molecule has 1 rings (SSSR count). The molecular formula is C11H13ClN2O5. The summed E-state index contributed by atoms with van der Waals surface area (Å²) >= 11 is 5.55. The predicted molar refractivity (Wildman–Crippen MR) is 64.6 cm³/mol. The van der Waals surface area contributed by atoms with Crippen LogP contribution in [-0.2, 0) is 24.0 Å². The van der Waals surface area contributed by atoms with Gasteiger partial charge in [-0.25, -0.2) is 4.79 Å². The molecule has 3 amide bonds. The minimum Gasteiger partial charge on any atom is -0.352 e. The Labute approximate surface area is 114 Å². The second-order valence-corrected chi connectivity index (χ2v) is 4.47. The third-order valence-electron chi connectivity index (χ3n) is 2.24. The highest BCUT2D eigenvalue weighted by molar-refractivity contribution is 6.35. The van der Waals surface area contributed by atoms with E-state index in [9.17, 15) is 19.2 Å². The Hall–Kier alpha value is -1.89. The number of hydrogen-bond acceptors (Lipinski definition) is 5. The lowest BCUT2D eigenvalue weighted by Gasteiger charge is -2.12. The van der Waals surface area contributed by atoms with Crippen molar-refractivity contribution in [1.82, 2.24) is 10.4 Å². The number of nitrogens with zero attached hydrogens (tertiary/aromatic N) is 1. The van der Waals surface area contributed by atoms with Crippen molar-refractivity contribution < 1.29 is 24.0 Å². The van der Waals surface area contributed by atoms with E-state index in [0.29, 0.717) is 10.6 Å². The quantitative estimate of drug-likeness (QED) is 0.433. The van der Waals surface area contributed by atoms with Crippen LogP contribution < -0.4 is 5.32 Å². The van der Waals surface area contributed by atoms with Gasteiger partial charge in [0.2, 0.25) is 5.91 Å². The molecule has 1 atom stereocenters. The zero-order valence-electron chi connectivity index (χ0n) is 10.3. The van der Waals surface area contributed by atoms with E-state index in [2.05, 4.69) is 16.7 Å². The molecule has 8 heteroatoms. The van der Waals surface area contributed by atoms with Crippen LogP contribution in [0.4, 0.5) is 0 Å². The van der Waals surface area contributed by atoms with E-state index in [-0.39, 0.29) is 25.3 Å². The standard InChI is InChI=1S/C11H13ClN2O5/c1-6(2)10(17)13-4-3-9(16)19-14-8(15)5-7(12)11(14)18/h7H,1,3-5H2,2H3,(H,13,17). The Morgan fingerprint density at radius 3 is 2.63 bits per heavy atom. The van der Waals surface area contributed by atoms with Gasteiger partial charge in [0, 0.05) is 12.1 Å². The molecule has 1 unspecified atom stereocenters. The highest BCUT2D eigenvalue weighted by atomic mass is 35.5. The molecule has 1 heterocycles. The first-order chi connectivity index (χ1) is 8.82. The monoisotopic (exact) mass is 288 g/mol. The zero-order chi connectivity index (χ0) is 14.6. The molecule has 1 saturated heterocycles. The number of alkyl halides is 1. The summed E-state index contributed by atoms with van der Waals surface area (Å²) in [5.41, 5.74) is 0.309. The van der Waals surface area contributed by atoms with Gasteiger partial charge in [0.05, 0.1) is 12.8 Å². The SMILES string of the molecule is C=C(C)C(=O)NCCC(=O)ON1C(=O)CC(Cl)C1=O. The molecule has 19 heavy (non-hydrogen) atoms. The molecule has 0 spiro atoms. The highest BCUT2D eigenvalue weighted by Gasteiger charge is 2.40. The topological polar surface area (TPSA) is 92.8 Å². The summed E-state index contributed by atoms with van der Waals surface area (Å²) in [5, 5.41) is 1.78. The number of carbonyl (C=O) groups is 4. The van der Waals surface area contributed by atoms with Crippen LogP contribution in [0.25, 0.3) is 0 Å². The number of halogens is 1. The van der Waals surface area contributed by atoms with Crippen LogP contribution in [0.15, 0.2) is 12.2 Å². The number of hydroxylamine groups is 2. The largest absolute Gasteiger partial charge is 0.352 e. The van der Waals surface area contributed by atoms with Gasteiger partial charge >= 0.3 is 5.97 Å². The molecular weight excluding hydrogens is 276 g/mol. The lowest BCUT2D eigenvalue weighted by molar-refractivity contribution is -0.197. The number of rotatable bonds is 5. The second kappa shape index (κ2) is 6.33. The van der Waals surface area contributed by atoms with Crippen molar-refractivity contribution in [3.8, 4) is 0 Å². The van der Waals surface area contributed by atoms with Crippen molar-refractivity contribution in [3.63, 3.8) is 0 Å². The van der Waals surface area contributed by atoms with Crippen LogP contribution in [0.1, 0.15) is 19.8 Å². The molecule has 0 aromatic carbocycles. The molecule has 0 aromatic rings. The highest BCUT2D eigenvalue weighted by Crippen LogP contribution is 2.18. The number of imide groups is 1. The van der Waals surface area contributed by atoms with Crippen LogP contribution in [0.5, 0.6) is 0 Å². The third-order valence-corrected chi connectivity index (χ3v) is 2.58. The number of carbonyl (C=O) groups excluding carboxylic acids is 4. The molecule has 0 aliphatic carbocycles. The molecule has 0 radical (unpaired) electrons. The van der Waals surface area contributed by atoms with E-state index in [1.807, 2.05) is 0 Å². The first-order valence-electron chi connectivity index (χ1n) is 5.48. The normalized spacial score (nSPS) is 18.4. The summed E-state index contributed by atoms with van der Waals surface area (Å²) in [6.45, 7) is 4.97. The summed E-state index contributed by atoms with van der Waals surface area (Å²) < 4.78 is 0. The molecule has 1 fully saturated rings. The fraction of sp³-hybridized carbons (Fsp3) is 0.455. The number of amides is 3. The van der Waals surface area contributed by atoms with Gasteiger partial charge in [0.15, 0.2) is 0 Å². The van der Waals surface area contributed by atoms with Gasteiger partial charge in [-0.1, -0.05) is 6.58 Å². The summed E-state index contributed by atoms with van der Waals surface area (Å²) in [6.07, 6.45) is -0.372. The molecule has 0 bridgehead atoms. The minimum atomic E-state index is -0.997. The van der Waals surface area contributed by atoms with Gasteiger partial charge < -0.3 is 10.2 Å². The minimum absolute atomic E-state index is 0.0189. The van der Waals surface area contributed by atoms with Gasteiger partial charge in [0.1, 0.15) is 5.38 Å². The van der Waals surface area contributed by atoms with Crippen LogP contribution in [0.2, 0.25) is 0 Å². The molecule has 0 saturated carbocycles. The van der Waals surface area contributed by atoms with E-state index >= 15 is 0 Å². The van der Waals surface area contributed by atoms with E-state index in [4.69, 9.17) is 11.6 Å². The van der Waals surface area contributed by atoms with Crippen LogP contribution >= 0.6 is 11.6 Å². The zero-order valence-corrected chi connectivity index (χ0v) is 11.0. The van der Waals surface area contributed by atoms with Crippen molar-refractivity contribution in [3.05, 3.63) is 12.2 Å². The molecule has 1 aliphatic rings. The molecule has 7 nitrogen and oxygen atoms in total. The van der Waals surface area contributed by atoms with Crippen molar-refractivity contribution in [2.45, 2.75) is 25.1 Å². The van der Waals surface area contributed by atoms with Gasteiger partial charge in [-0.2, -0.15) is 0 Å². The first-order valence-corrected chi connectivity index (χ1v) is 5.92. The fourth-order valence-electron chi connectivity index (χ4n) is 1.25. The van der Waals surface area contributed by atoms with E-state index in [1.54, 1.807) is 0 Å². The Balaban J connectivity index is 2.36. The summed E-state index contributed by atoms with van der Waals surface area (Å²) in [5.74, 6) is -2.62. The van der Waals surface area contributed by atoms with Crippen LogP contribution in [0.3, 0.4) is 0 Å². The Morgan fingerprint density at radius 1 is 1.53 bits per heavy atom. The molecule has 104 valence electrons. The average molecular weight is 289 g/mol. The predicted octanol–water partition coefficient (Wildman–Crippen LogP) is -0.107. The van der Waals surface area contributed by atoms with Crippen molar-refractivity contribution >= 4 is 35.3 Å². The van der Waals surface area contributed by atoms with Gasteiger partial charge in [-0.3, -0.25) is 14.4 Å². The molecule has 0 aromatic heterocycles. The first kappa shape index (κ1) is 15.2. The smallest absolute Gasteiger partial charge is 0.334 e. The van der Waals surface area contributed by atoms with Crippen molar-refractivity contribution in [2.24, 2.45) is 0 Å². The second-order valence-electron chi connectivity index (χ2n) is 3.95. The molecule has 1 aliphatic heterocycles. The molecule has 1 N–H and O–H groups in total. The summed E-state index contributed by atoms with van der Waals surface area (Å²) in [6, 6.07) is 0. The lowest BCUT2D eigenvalue weighted by Crippen LogP contribution is -2.35. The maximum absolute atomic E-state index is 11.4. The van der Waals surface area contributed by atoms with E-state index in [1.165, 1.54) is 6.92 Å². The Bertz CT molecular complexity index is 448. The maximum Gasteiger partial charge on any atom is 0.334 e. The maximum atomic E-state index is 11.4. The summed E-state index contributed by atoms with van der Waals surface area (Å²) in [7, 11) is 0. The Morgan fingerprint density at radius 2 is 2.16 bits per heavy atom. The van der Waals surface area contributed by atoms with E-state index < -0.39 is 23.2 Å². The van der Waals surface area contributed by atoms with E-state index in [0.717, 1.165) is 0 Å². The number of hydrogen-bond donors (Lipinski definition) is 1. The Kier molecular flexibility index (Phi) is 5.05. The van der Waals surface area contributed by atoms with Crippen LogP contribution in [-0.4, -0.2) is 40.7 Å². The van der Waals surface area contributed by atoms with Crippen molar-refractivity contribution in [2.75, 3.05) is 6.54 Å². The van der Waals surface area contributed by atoms with Gasteiger partial charge in [-0.05, 0) is 6.92 Å².